The maximum atomic E-state index is 11.2. The largest absolute Gasteiger partial charge is 0.437 e. The molecular weight excluding hydrogens is 354 g/mol. The predicted molar refractivity (Wildman–Crippen MR) is 108 cm³/mol. The SMILES string of the molecule is CC(=O)N(C)CCNc1cncc(Oc2ccc(-c3ccc(C)cn3)cc2)n1. The number of amides is 1. The van der Waals surface area contributed by atoms with E-state index in [9.17, 15) is 4.79 Å². The van der Waals surface area contributed by atoms with Crippen molar-refractivity contribution in [2.45, 2.75) is 13.8 Å². The number of aromatic nitrogens is 3. The fourth-order valence-electron chi connectivity index (χ4n) is 2.44. The first kappa shape index (κ1) is 19.3. The van der Waals surface area contributed by atoms with E-state index in [-0.39, 0.29) is 5.91 Å². The first-order chi connectivity index (χ1) is 13.5. The van der Waals surface area contributed by atoms with Gasteiger partial charge in [0.25, 0.3) is 0 Å². The van der Waals surface area contributed by atoms with E-state index in [1.165, 1.54) is 6.92 Å². The lowest BCUT2D eigenvalue weighted by Gasteiger charge is -2.15. The van der Waals surface area contributed by atoms with E-state index in [1.54, 1.807) is 24.3 Å². The van der Waals surface area contributed by atoms with Gasteiger partial charge in [0.15, 0.2) is 0 Å². The molecule has 1 aromatic carbocycles. The predicted octanol–water partition coefficient (Wildman–Crippen LogP) is 3.53. The molecule has 1 N–H and O–H groups in total. The minimum Gasteiger partial charge on any atom is -0.437 e. The lowest BCUT2D eigenvalue weighted by atomic mass is 10.1. The molecule has 0 saturated carbocycles. The molecule has 0 aliphatic carbocycles. The Labute approximate surface area is 164 Å². The standard InChI is InChI=1S/C21H23N5O2/c1-15-4-9-19(24-12-15)17-5-7-18(8-6-17)28-21-14-22-13-20(25-21)23-10-11-26(3)16(2)27/h4-9,12-14H,10-11H2,1-3H3,(H,23,25). The van der Waals surface area contributed by atoms with Crippen LogP contribution in [0.25, 0.3) is 11.3 Å². The third kappa shape index (κ3) is 5.26. The monoisotopic (exact) mass is 377 g/mol. The average molecular weight is 377 g/mol. The molecule has 0 unspecified atom stereocenters. The number of aryl methyl sites for hydroxylation is 1. The molecule has 2 aromatic heterocycles. The summed E-state index contributed by atoms with van der Waals surface area (Å²) < 4.78 is 5.80. The van der Waals surface area contributed by atoms with E-state index in [0.717, 1.165) is 16.8 Å². The number of likely N-dealkylation sites (N-methyl/N-ethyl adjacent to an activating group) is 1. The lowest BCUT2D eigenvalue weighted by Crippen LogP contribution is -2.29. The van der Waals surface area contributed by atoms with Crippen LogP contribution in [-0.2, 0) is 4.79 Å². The van der Waals surface area contributed by atoms with E-state index < -0.39 is 0 Å². The molecule has 0 saturated heterocycles. The normalized spacial score (nSPS) is 10.4. The molecule has 3 rings (SSSR count). The molecule has 0 aliphatic heterocycles. The van der Waals surface area contributed by atoms with Crippen molar-refractivity contribution in [3.05, 3.63) is 60.6 Å². The number of nitrogens with zero attached hydrogens (tertiary/aromatic N) is 4. The molecular formula is C21H23N5O2. The smallest absolute Gasteiger partial charge is 0.239 e. The second kappa shape index (κ2) is 8.94. The molecule has 7 nitrogen and oxygen atoms in total. The summed E-state index contributed by atoms with van der Waals surface area (Å²) in [5.41, 5.74) is 3.06. The highest BCUT2D eigenvalue weighted by molar-refractivity contribution is 5.72. The number of ether oxygens (including phenoxy) is 1. The Bertz CT molecular complexity index is 926. The van der Waals surface area contributed by atoms with E-state index >= 15 is 0 Å². The fourth-order valence-corrected chi connectivity index (χ4v) is 2.44. The third-order valence-corrected chi connectivity index (χ3v) is 4.19. The molecule has 7 heteroatoms. The van der Waals surface area contributed by atoms with Gasteiger partial charge in [-0.05, 0) is 42.8 Å². The van der Waals surface area contributed by atoms with Gasteiger partial charge in [0.2, 0.25) is 11.8 Å². The highest BCUT2D eigenvalue weighted by atomic mass is 16.5. The van der Waals surface area contributed by atoms with Crippen LogP contribution in [0.4, 0.5) is 5.82 Å². The zero-order chi connectivity index (χ0) is 19.9. The quantitative estimate of drug-likeness (QED) is 0.678. The highest BCUT2D eigenvalue weighted by Gasteiger charge is 2.05. The number of pyridine rings is 1. The molecule has 0 fully saturated rings. The van der Waals surface area contributed by atoms with Crippen LogP contribution in [0.5, 0.6) is 11.6 Å². The Morgan fingerprint density at radius 1 is 1.11 bits per heavy atom. The topological polar surface area (TPSA) is 80.2 Å². The lowest BCUT2D eigenvalue weighted by molar-refractivity contribution is -0.127. The van der Waals surface area contributed by atoms with Gasteiger partial charge in [-0.2, -0.15) is 4.98 Å². The van der Waals surface area contributed by atoms with E-state index in [0.29, 0.717) is 30.5 Å². The highest BCUT2D eigenvalue weighted by Crippen LogP contribution is 2.24. The van der Waals surface area contributed by atoms with Crippen LogP contribution in [0, 0.1) is 6.92 Å². The van der Waals surface area contributed by atoms with E-state index in [4.69, 9.17) is 4.74 Å². The molecule has 0 bridgehead atoms. The van der Waals surface area contributed by atoms with Crippen molar-refractivity contribution < 1.29 is 9.53 Å². The summed E-state index contributed by atoms with van der Waals surface area (Å²) in [5.74, 6) is 1.67. The van der Waals surface area contributed by atoms with Gasteiger partial charge < -0.3 is 15.0 Å². The summed E-state index contributed by atoms with van der Waals surface area (Å²) in [4.78, 5) is 25.8. The van der Waals surface area contributed by atoms with Crippen molar-refractivity contribution >= 4 is 11.7 Å². The van der Waals surface area contributed by atoms with Crippen LogP contribution < -0.4 is 10.1 Å². The van der Waals surface area contributed by atoms with Crippen molar-refractivity contribution in [1.29, 1.82) is 0 Å². The van der Waals surface area contributed by atoms with Gasteiger partial charge >= 0.3 is 0 Å². The maximum Gasteiger partial charge on any atom is 0.239 e. The minimum atomic E-state index is 0.0225. The number of rotatable bonds is 7. The van der Waals surface area contributed by atoms with Crippen molar-refractivity contribution in [2.24, 2.45) is 0 Å². The van der Waals surface area contributed by atoms with Crippen LogP contribution >= 0.6 is 0 Å². The Balaban J connectivity index is 1.60. The number of hydrogen-bond acceptors (Lipinski definition) is 6. The van der Waals surface area contributed by atoms with Gasteiger partial charge in [-0.25, -0.2) is 0 Å². The number of anilines is 1. The van der Waals surface area contributed by atoms with Gasteiger partial charge in [0.1, 0.15) is 11.6 Å². The van der Waals surface area contributed by atoms with Crippen LogP contribution in [0.15, 0.2) is 55.0 Å². The summed E-state index contributed by atoms with van der Waals surface area (Å²) in [6.07, 6.45) is 5.02. The summed E-state index contributed by atoms with van der Waals surface area (Å²) in [7, 11) is 1.75. The molecule has 144 valence electrons. The van der Waals surface area contributed by atoms with Crippen molar-refractivity contribution in [2.75, 3.05) is 25.5 Å². The molecule has 28 heavy (non-hydrogen) atoms. The molecule has 0 atom stereocenters. The van der Waals surface area contributed by atoms with E-state index in [2.05, 4.69) is 20.3 Å². The second-order valence-corrected chi connectivity index (χ2v) is 6.46. The first-order valence-corrected chi connectivity index (χ1v) is 9.00. The molecule has 2 heterocycles. The second-order valence-electron chi connectivity index (χ2n) is 6.46. The number of nitrogens with one attached hydrogen (secondary N) is 1. The zero-order valence-corrected chi connectivity index (χ0v) is 16.2. The average Bonchev–Trinajstić information content (AvgIpc) is 2.69. The van der Waals surface area contributed by atoms with Gasteiger partial charge in [-0.15, -0.1) is 0 Å². The van der Waals surface area contributed by atoms with Crippen LogP contribution in [0.1, 0.15) is 12.5 Å². The zero-order valence-electron chi connectivity index (χ0n) is 16.2. The van der Waals surface area contributed by atoms with Gasteiger partial charge in [0.05, 0.1) is 18.1 Å². The van der Waals surface area contributed by atoms with Gasteiger partial charge in [-0.3, -0.25) is 14.8 Å². The summed E-state index contributed by atoms with van der Waals surface area (Å²) >= 11 is 0. The number of hydrogen-bond donors (Lipinski definition) is 1. The van der Waals surface area contributed by atoms with Crippen LogP contribution in [0.3, 0.4) is 0 Å². The maximum absolute atomic E-state index is 11.2. The Morgan fingerprint density at radius 2 is 1.89 bits per heavy atom. The van der Waals surface area contributed by atoms with Crippen molar-refractivity contribution in [3.63, 3.8) is 0 Å². The number of carbonyl (C=O) groups is 1. The Kier molecular flexibility index (Phi) is 6.16. The van der Waals surface area contributed by atoms with Gasteiger partial charge in [0, 0.05) is 38.8 Å². The van der Waals surface area contributed by atoms with Crippen molar-refractivity contribution in [3.8, 4) is 22.9 Å². The first-order valence-electron chi connectivity index (χ1n) is 9.00. The molecule has 3 aromatic rings. The molecule has 0 radical (unpaired) electrons. The molecule has 0 aliphatic rings. The summed E-state index contributed by atoms with van der Waals surface area (Å²) in [6.45, 7) is 4.71. The van der Waals surface area contributed by atoms with E-state index in [1.807, 2.05) is 49.5 Å². The van der Waals surface area contributed by atoms with Crippen LogP contribution in [-0.4, -0.2) is 45.9 Å². The third-order valence-electron chi connectivity index (χ3n) is 4.19. The van der Waals surface area contributed by atoms with Crippen molar-refractivity contribution in [1.82, 2.24) is 19.9 Å². The number of carbonyl (C=O) groups excluding carboxylic acids is 1. The summed E-state index contributed by atoms with van der Waals surface area (Å²) in [5, 5.41) is 3.14. The Hall–Kier alpha value is -3.48. The molecule has 1 amide bonds. The fraction of sp³-hybridized carbons (Fsp3) is 0.238. The minimum absolute atomic E-state index is 0.0225. The molecule has 0 spiro atoms. The van der Waals surface area contributed by atoms with Crippen LogP contribution in [0.2, 0.25) is 0 Å². The summed E-state index contributed by atoms with van der Waals surface area (Å²) in [6, 6.07) is 11.7. The number of benzene rings is 1. The Morgan fingerprint density at radius 3 is 2.57 bits per heavy atom. The van der Waals surface area contributed by atoms with Gasteiger partial charge in [-0.1, -0.05) is 6.07 Å².